The first-order valence-corrected chi connectivity index (χ1v) is 8.57. The molecule has 1 N–H and O–H groups in total. The van der Waals surface area contributed by atoms with E-state index in [4.69, 9.17) is 28.6 Å². The number of hydrogen-bond donors (Lipinski definition) is 1. The topological polar surface area (TPSA) is 21.3 Å². The van der Waals surface area contributed by atoms with E-state index in [9.17, 15) is 0 Å². The molecule has 1 aromatic heterocycles. The van der Waals surface area contributed by atoms with Crippen LogP contribution in [0.5, 0.6) is 5.75 Å². The Morgan fingerprint density at radius 1 is 1.41 bits per heavy atom. The number of halogens is 1. The van der Waals surface area contributed by atoms with Crippen LogP contribution in [0.2, 0.25) is 5.02 Å². The highest BCUT2D eigenvalue weighted by molar-refractivity contribution is 7.81. The molecule has 2 aromatic rings. The van der Waals surface area contributed by atoms with Gasteiger partial charge < -0.3 is 10.1 Å². The zero-order chi connectivity index (χ0) is 16.1. The van der Waals surface area contributed by atoms with Gasteiger partial charge in [0.1, 0.15) is 17.3 Å². The van der Waals surface area contributed by atoms with Crippen molar-refractivity contribution in [3.8, 4) is 5.75 Å². The number of rotatable bonds is 5. The van der Waals surface area contributed by atoms with Crippen LogP contribution in [0.25, 0.3) is 0 Å². The summed E-state index contributed by atoms with van der Waals surface area (Å²) in [4.78, 5) is 1.91. The number of allylic oxidation sites excluding steroid dienone is 1. The molecule has 0 amide bonds. The third kappa shape index (κ3) is 4.32. The Bertz CT molecular complexity index is 706. The Morgan fingerprint density at radius 3 is 2.82 bits per heavy atom. The van der Waals surface area contributed by atoms with Gasteiger partial charge in [0.25, 0.3) is 0 Å². The molecule has 0 unspecified atom stereocenters. The predicted octanol–water partition coefficient (Wildman–Crippen LogP) is 5.84. The van der Waals surface area contributed by atoms with Gasteiger partial charge in [-0.3, -0.25) is 0 Å². The zero-order valence-electron chi connectivity index (χ0n) is 12.8. The lowest BCUT2D eigenvalue weighted by atomic mass is 10.2. The van der Waals surface area contributed by atoms with E-state index in [0.29, 0.717) is 22.4 Å². The SMILES string of the molecule is CC=C(C)COc1cc(NC(=S)c2ccsc2C)ccc1Cl. The molecule has 1 aromatic carbocycles. The van der Waals surface area contributed by atoms with Gasteiger partial charge in [0.2, 0.25) is 0 Å². The van der Waals surface area contributed by atoms with E-state index in [-0.39, 0.29) is 0 Å². The fourth-order valence-corrected chi connectivity index (χ4v) is 3.07. The number of anilines is 1. The molecule has 22 heavy (non-hydrogen) atoms. The Balaban J connectivity index is 2.12. The number of thiocarbonyl (C=S) groups is 1. The van der Waals surface area contributed by atoms with Crippen molar-refractivity contribution < 1.29 is 4.74 Å². The molecule has 0 fully saturated rings. The van der Waals surface area contributed by atoms with Crippen molar-refractivity contribution in [2.75, 3.05) is 11.9 Å². The van der Waals surface area contributed by atoms with Crippen LogP contribution < -0.4 is 10.1 Å². The molecule has 0 saturated heterocycles. The van der Waals surface area contributed by atoms with Gasteiger partial charge in [-0.15, -0.1) is 11.3 Å². The predicted molar refractivity (Wildman–Crippen MR) is 101 cm³/mol. The summed E-state index contributed by atoms with van der Waals surface area (Å²) in [6, 6.07) is 7.61. The van der Waals surface area contributed by atoms with Gasteiger partial charge in [-0.1, -0.05) is 29.9 Å². The van der Waals surface area contributed by atoms with Gasteiger partial charge in [0, 0.05) is 22.2 Å². The van der Waals surface area contributed by atoms with E-state index in [1.54, 1.807) is 11.3 Å². The minimum absolute atomic E-state index is 0.522. The zero-order valence-corrected chi connectivity index (χ0v) is 15.2. The molecule has 0 aliphatic rings. The van der Waals surface area contributed by atoms with Crippen molar-refractivity contribution in [2.24, 2.45) is 0 Å². The summed E-state index contributed by atoms with van der Waals surface area (Å²) >= 11 is 13.3. The average Bonchev–Trinajstić information content (AvgIpc) is 2.93. The Labute approximate surface area is 145 Å². The number of thiophene rings is 1. The minimum Gasteiger partial charge on any atom is -0.488 e. The second kappa shape index (κ2) is 7.77. The molecule has 0 saturated carbocycles. The second-order valence-electron chi connectivity index (χ2n) is 4.91. The van der Waals surface area contributed by atoms with E-state index in [2.05, 4.69) is 12.2 Å². The summed E-state index contributed by atoms with van der Waals surface area (Å²) in [5.74, 6) is 0.651. The van der Waals surface area contributed by atoms with E-state index in [0.717, 1.165) is 16.8 Å². The lowest BCUT2D eigenvalue weighted by Crippen LogP contribution is -2.10. The number of aryl methyl sites for hydroxylation is 1. The average molecular weight is 352 g/mol. The molecule has 5 heteroatoms. The Morgan fingerprint density at radius 2 is 2.18 bits per heavy atom. The van der Waals surface area contributed by atoms with Crippen LogP contribution >= 0.6 is 35.2 Å². The number of hydrogen-bond acceptors (Lipinski definition) is 3. The third-order valence-electron chi connectivity index (χ3n) is 3.24. The van der Waals surface area contributed by atoms with Crippen molar-refractivity contribution in [3.05, 3.63) is 56.8 Å². The highest BCUT2D eigenvalue weighted by Gasteiger charge is 2.09. The fraction of sp³-hybridized carbons (Fsp3) is 0.235. The molecule has 0 aliphatic heterocycles. The summed E-state index contributed by atoms with van der Waals surface area (Å²) in [5.41, 5.74) is 3.08. The molecule has 1 heterocycles. The summed E-state index contributed by atoms with van der Waals surface area (Å²) in [6.07, 6.45) is 2.02. The summed E-state index contributed by atoms with van der Waals surface area (Å²) in [5, 5.41) is 5.87. The highest BCUT2D eigenvalue weighted by Crippen LogP contribution is 2.29. The first-order valence-electron chi connectivity index (χ1n) is 6.91. The van der Waals surface area contributed by atoms with Crippen LogP contribution in [0.15, 0.2) is 41.3 Å². The van der Waals surface area contributed by atoms with Crippen molar-refractivity contribution in [1.29, 1.82) is 0 Å². The first kappa shape index (κ1) is 17.0. The van der Waals surface area contributed by atoms with Crippen molar-refractivity contribution in [3.63, 3.8) is 0 Å². The molecular formula is C17H18ClNOS2. The minimum atomic E-state index is 0.522. The van der Waals surface area contributed by atoms with Crippen LogP contribution in [0.4, 0.5) is 5.69 Å². The molecule has 0 bridgehead atoms. The van der Waals surface area contributed by atoms with Gasteiger partial charge in [0.15, 0.2) is 0 Å². The van der Waals surface area contributed by atoms with Gasteiger partial charge in [-0.25, -0.2) is 0 Å². The van der Waals surface area contributed by atoms with Crippen LogP contribution in [0, 0.1) is 6.92 Å². The largest absolute Gasteiger partial charge is 0.488 e. The molecule has 116 valence electrons. The maximum Gasteiger partial charge on any atom is 0.140 e. The van der Waals surface area contributed by atoms with Gasteiger partial charge in [-0.2, -0.15) is 0 Å². The van der Waals surface area contributed by atoms with Crippen molar-refractivity contribution in [2.45, 2.75) is 20.8 Å². The lowest BCUT2D eigenvalue weighted by Gasteiger charge is -2.12. The summed E-state index contributed by atoms with van der Waals surface area (Å²) in [6.45, 7) is 6.59. The molecular weight excluding hydrogens is 334 g/mol. The van der Waals surface area contributed by atoms with Gasteiger partial charge >= 0.3 is 0 Å². The van der Waals surface area contributed by atoms with E-state index >= 15 is 0 Å². The molecule has 2 nitrogen and oxygen atoms in total. The summed E-state index contributed by atoms with van der Waals surface area (Å²) in [7, 11) is 0. The molecule has 0 radical (unpaired) electrons. The van der Waals surface area contributed by atoms with Gasteiger partial charge in [0.05, 0.1) is 5.02 Å². The van der Waals surface area contributed by atoms with E-state index in [1.165, 1.54) is 4.88 Å². The monoisotopic (exact) mass is 351 g/mol. The molecule has 0 atom stereocenters. The number of benzene rings is 1. The number of nitrogens with one attached hydrogen (secondary N) is 1. The van der Waals surface area contributed by atoms with Crippen LogP contribution in [-0.4, -0.2) is 11.6 Å². The quantitative estimate of drug-likeness (QED) is 0.540. The highest BCUT2D eigenvalue weighted by atomic mass is 35.5. The fourth-order valence-electron chi connectivity index (χ4n) is 1.79. The molecule has 2 rings (SSSR count). The lowest BCUT2D eigenvalue weighted by molar-refractivity contribution is 0.352. The molecule has 0 aliphatic carbocycles. The maximum atomic E-state index is 6.18. The standard InChI is InChI=1S/C17H18ClNOS2/c1-4-11(2)10-20-16-9-13(5-6-15(16)18)19-17(21)14-7-8-22-12(14)3/h4-9H,10H2,1-3H3,(H,19,21). The van der Waals surface area contributed by atoms with Gasteiger partial charge in [-0.05, 0) is 49.9 Å². The third-order valence-corrected chi connectivity index (χ3v) is 4.72. The first-order chi connectivity index (χ1) is 10.5. The van der Waals surface area contributed by atoms with Crippen LogP contribution in [0.3, 0.4) is 0 Å². The van der Waals surface area contributed by atoms with E-state index in [1.807, 2.05) is 49.6 Å². The Hall–Kier alpha value is -1.36. The van der Waals surface area contributed by atoms with Crippen molar-refractivity contribution >= 4 is 45.8 Å². The van der Waals surface area contributed by atoms with Crippen LogP contribution in [-0.2, 0) is 0 Å². The second-order valence-corrected chi connectivity index (χ2v) is 6.85. The maximum absolute atomic E-state index is 6.18. The molecule has 0 spiro atoms. The Kier molecular flexibility index (Phi) is 6.00. The van der Waals surface area contributed by atoms with E-state index < -0.39 is 0 Å². The van der Waals surface area contributed by atoms with Crippen LogP contribution in [0.1, 0.15) is 24.3 Å². The van der Waals surface area contributed by atoms with Crippen molar-refractivity contribution in [1.82, 2.24) is 0 Å². The smallest absolute Gasteiger partial charge is 0.140 e. The normalized spacial score (nSPS) is 11.4. The summed E-state index contributed by atoms with van der Waals surface area (Å²) < 4.78 is 5.74. The number of ether oxygens (including phenoxy) is 1.